The summed E-state index contributed by atoms with van der Waals surface area (Å²) in [5.41, 5.74) is 5.68. The smallest absolute Gasteiger partial charge is 0.104 e. The van der Waals surface area contributed by atoms with Crippen LogP contribution < -0.4 is 0 Å². The zero-order valence-corrected chi connectivity index (χ0v) is 12.9. The second kappa shape index (κ2) is 6.23. The van der Waals surface area contributed by atoms with Crippen molar-refractivity contribution >= 4 is 0 Å². The molecular weight excluding hydrogens is 244 g/mol. The van der Waals surface area contributed by atoms with Crippen LogP contribution in [-0.4, -0.2) is 5.11 Å². The van der Waals surface area contributed by atoms with Crippen LogP contribution in [0.15, 0.2) is 42.5 Å². The van der Waals surface area contributed by atoms with Crippen LogP contribution in [0.2, 0.25) is 0 Å². The summed E-state index contributed by atoms with van der Waals surface area (Å²) in [6.07, 6.45) is 0.509. The second-order valence-electron chi connectivity index (χ2n) is 6.03. The standard InChI is InChI=1S/C19H24O/c1-13(2)11-16-8-6-9-17(12-16)19(20)18-10-5-7-14(3)15(18)4/h5-10,12-13,19-20H,11H2,1-4H3. The predicted molar refractivity (Wildman–Crippen MR) is 85.0 cm³/mol. The van der Waals surface area contributed by atoms with Crippen molar-refractivity contribution < 1.29 is 5.11 Å². The highest BCUT2D eigenvalue weighted by atomic mass is 16.3. The molecule has 0 aliphatic rings. The first-order chi connectivity index (χ1) is 9.49. The van der Waals surface area contributed by atoms with Gasteiger partial charge in [-0.3, -0.25) is 0 Å². The van der Waals surface area contributed by atoms with Crippen molar-refractivity contribution in [2.75, 3.05) is 0 Å². The van der Waals surface area contributed by atoms with Gasteiger partial charge < -0.3 is 5.11 Å². The molecule has 0 fully saturated rings. The number of hydrogen-bond donors (Lipinski definition) is 1. The van der Waals surface area contributed by atoms with Crippen LogP contribution in [0, 0.1) is 19.8 Å². The van der Waals surface area contributed by atoms with Crippen molar-refractivity contribution in [3.63, 3.8) is 0 Å². The maximum absolute atomic E-state index is 10.7. The molecule has 1 heteroatoms. The molecule has 20 heavy (non-hydrogen) atoms. The normalized spacial score (nSPS) is 12.7. The molecule has 0 aliphatic heterocycles. The van der Waals surface area contributed by atoms with Crippen LogP contribution in [0.3, 0.4) is 0 Å². The van der Waals surface area contributed by atoms with E-state index < -0.39 is 6.10 Å². The number of aliphatic hydroxyl groups excluding tert-OH is 1. The molecule has 1 atom stereocenters. The van der Waals surface area contributed by atoms with Gasteiger partial charge in [0.25, 0.3) is 0 Å². The van der Waals surface area contributed by atoms with Gasteiger partial charge >= 0.3 is 0 Å². The number of rotatable bonds is 4. The lowest BCUT2D eigenvalue weighted by Gasteiger charge is -2.17. The van der Waals surface area contributed by atoms with E-state index >= 15 is 0 Å². The van der Waals surface area contributed by atoms with Crippen molar-refractivity contribution in [2.24, 2.45) is 5.92 Å². The van der Waals surface area contributed by atoms with Crippen molar-refractivity contribution in [1.29, 1.82) is 0 Å². The fourth-order valence-corrected chi connectivity index (χ4v) is 2.61. The largest absolute Gasteiger partial charge is 0.384 e. The zero-order valence-electron chi connectivity index (χ0n) is 12.9. The summed E-state index contributed by atoms with van der Waals surface area (Å²) in [5, 5.41) is 10.7. The molecule has 0 aliphatic carbocycles. The molecule has 106 valence electrons. The summed E-state index contributed by atoms with van der Waals surface area (Å²) in [4.78, 5) is 0. The van der Waals surface area contributed by atoms with E-state index in [1.54, 1.807) is 0 Å². The Labute approximate surface area is 122 Å². The monoisotopic (exact) mass is 268 g/mol. The molecule has 0 amide bonds. The third-order valence-electron chi connectivity index (χ3n) is 3.85. The second-order valence-corrected chi connectivity index (χ2v) is 6.03. The van der Waals surface area contributed by atoms with Crippen LogP contribution in [0.5, 0.6) is 0 Å². The Morgan fingerprint density at radius 3 is 2.40 bits per heavy atom. The number of hydrogen-bond acceptors (Lipinski definition) is 1. The van der Waals surface area contributed by atoms with Crippen molar-refractivity contribution in [1.82, 2.24) is 0 Å². The molecule has 2 aromatic rings. The Hall–Kier alpha value is -1.60. The van der Waals surface area contributed by atoms with Gasteiger partial charge in [-0.2, -0.15) is 0 Å². The average molecular weight is 268 g/mol. The summed E-state index contributed by atoms with van der Waals surface area (Å²) in [5.74, 6) is 0.628. The van der Waals surface area contributed by atoms with E-state index in [4.69, 9.17) is 0 Å². The predicted octanol–water partition coefficient (Wildman–Crippen LogP) is 4.58. The summed E-state index contributed by atoms with van der Waals surface area (Å²) >= 11 is 0. The first kappa shape index (κ1) is 14.8. The van der Waals surface area contributed by atoms with Gasteiger partial charge in [0.2, 0.25) is 0 Å². The van der Waals surface area contributed by atoms with E-state index in [2.05, 4.69) is 45.9 Å². The molecule has 2 aromatic carbocycles. The van der Waals surface area contributed by atoms with Crippen LogP contribution in [-0.2, 0) is 6.42 Å². The van der Waals surface area contributed by atoms with Gasteiger partial charge in [0, 0.05) is 0 Å². The topological polar surface area (TPSA) is 20.2 Å². The van der Waals surface area contributed by atoms with E-state index in [1.165, 1.54) is 16.7 Å². The maximum Gasteiger partial charge on any atom is 0.104 e. The van der Waals surface area contributed by atoms with Crippen molar-refractivity contribution in [2.45, 2.75) is 40.2 Å². The SMILES string of the molecule is Cc1cccc(C(O)c2cccc(CC(C)C)c2)c1C. The lowest BCUT2D eigenvalue weighted by Crippen LogP contribution is -2.04. The molecule has 1 nitrogen and oxygen atoms in total. The summed E-state index contributed by atoms with van der Waals surface area (Å²) in [6, 6.07) is 14.4. The molecular formula is C19H24O. The molecule has 1 unspecified atom stereocenters. The summed E-state index contributed by atoms with van der Waals surface area (Å²) in [7, 11) is 0. The van der Waals surface area contributed by atoms with E-state index in [0.717, 1.165) is 17.5 Å². The van der Waals surface area contributed by atoms with Crippen LogP contribution in [0.4, 0.5) is 0 Å². The third-order valence-corrected chi connectivity index (χ3v) is 3.85. The molecule has 0 heterocycles. The maximum atomic E-state index is 10.7. The van der Waals surface area contributed by atoms with Crippen LogP contribution in [0.1, 0.15) is 47.8 Å². The van der Waals surface area contributed by atoms with Gasteiger partial charge in [0.15, 0.2) is 0 Å². The molecule has 1 N–H and O–H groups in total. The average Bonchev–Trinajstić information content (AvgIpc) is 2.41. The van der Waals surface area contributed by atoms with Gasteiger partial charge in [-0.05, 0) is 54.0 Å². The number of benzene rings is 2. The van der Waals surface area contributed by atoms with Crippen LogP contribution in [0.25, 0.3) is 0 Å². The van der Waals surface area contributed by atoms with E-state index in [9.17, 15) is 5.11 Å². The first-order valence-corrected chi connectivity index (χ1v) is 7.32. The van der Waals surface area contributed by atoms with Gasteiger partial charge in [-0.25, -0.2) is 0 Å². The quantitative estimate of drug-likeness (QED) is 0.860. The molecule has 0 radical (unpaired) electrons. The van der Waals surface area contributed by atoms with Gasteiger partial charge in [0.1, 0.15) is 6.10 Å². The Balaban J connectivity index is 2.33. The minimum absolute atomic E-state index is 0.540. The van der Waals surface area contributed by atoms with Gasteiger partial charge in [0.05, 0.1) is 0 Å². The number of aryl methyl sites for hydroxylation is 1. The molecule has 0 spiro atoms. The molecule has 0 bridgehead atoms. The van der Waals surface area contributed by atoms with Crippen molar-refractivity contribution in [3.8, 4) is 0 Å². The molecule has 0 saturated heterocycles. The highest BCUT2D eigenvalue weighted by Gasteiger charge is 2.14. The Morgan fingerprint density at radius 1 is 1.00 bits per heavy atom. The molecule has 2 rings (SSSR count). The van der Waals surface area contributed by atoms with Crippen molar-refractivity contribution in [3.05, 3.63) is 70.3 Å². The Kier molecular flexibility index (Phi) is 4.61. The summed E-state index contributed by atoms with van der Waals surface area (Å²) in [6.45, 7) is 8.59. The zero-order chi connectivity index (χ0) is 14.7. The van der Waals surface area contributed by atoms with Gasteiger partial charge in [-0.1, -0.05) is 56.3 Å². The third kappa shape index (κ3) is 3.29. The van der Waals surface area contributed by atoms with E-state index in [0.29, 0.717) is 5.92 Å². The number of aliphatic hydroxyl groups is 1. The van der Waals surface area contributed by atoms with E-state index in [1.807, 2.05) is 24.3 Å². The highest BCUT2D eigenvalue weighted by Crippen LogP contribution is 2.27. The lowest BCUT2D eigenvalue weighted by molar-refractivity contribution is 0.219. The van der Waals surface area contributed by atoms with Gasteiger partial charge in [-0.15, -0.1) is 0 Å². The fraction of sp³-hybridized carbons (Fsp3) is 0.368. The molecule has 0 aromatic heterocycles. The first-order valence-electron chi connectivity index (χ1n) is 7.32. The minimum Gasteiger partial charge on any atom is -0.384 e. The Bertz CT molecular complexity index is 584. The summed E-state index contributed by atoms with van der Waals surface area (Å²) < 4.78 is 0. The van der Waals surface area contributed by atoms with E-state index in [-0.39, 0.29) is 0 Å². The lowest BCUT2D eigenvalue weighted by atomic mass is 9.93. The van der Waals surface area contributed by atoms with Crippen LogP contribution >= 0.6 is 0 Å². The molecule has 0 saturated carbocycles. The Morgan fingerprint density at radius 2 is 1.70 bits per heavy atom. The highest BCUT2D eigenvalue weighted by molar-refractivity contribution is 5.40. The fourth-order valence-electron chi connectivity index (χ4n) is 2.61. The minimum atomic E-state index is -0.540.